The summed E-state index contributed by atoms with van der Waals surface area (Å²) in [7, 11) is 0. The number of hydrogen-bond acceptors (Lipinski definition) is 4. The van der Waals surface area contributed by atoms with Crippen LogP contribution >= 0.6 is 15.9 Å². The van der Waals surface area contributed by atoms with Crippen LogP contribution in [0.25, 0.3) is 11.4 Å². The zero-order valence-electron chi connectivity index (χ0n) is 16.2. The van der Waals surface area contributed by atoms with Crippen molar-refractivity contribution in [2.24, 2.45) is 0 Å². The Morgan fingerprint density at radius 2 is 1.97 bits per heavy atom. The molecule has 2 amide bonds. The normalized spacial score (nSPS) is 16.9. The maximum atomic E-state index is 12.9. The number of likely N-dealkylation sites (tertiary alicyclic amines) is 1. The minimum absolute atomic E-state index is 0.0947. The van der Waals surface area contributed by atoms with Gasteiger partial charge in [-0.25, -0.2) is 4.79 Å². The molecule has 1 fully saturated rings. The molecule has 0 radical (unpaired) electrons. The van der Waals surface area contributed by atoms with Crippen molar-refractivity contribution < 1.29 is 22.5 Å². The number of rotatable bonds is 3. The Morgan fingerprint density at radius 3 is 2.71 bits per heavy atom. The number of nitrogens with zero attached hydrogens (tertiary/aromatic N) is 3. The Bertz CT molecular complexity index is 1070. The molecule has 2 heterocycles. The van der Waals surface area contributed by atoms with Gasteiger partial charge in [-0.1, -0.05) is 27.2 Å². The van der Waals surface area contributed by atoms with Crippen molar-refractivity contribution in [1.82, 2.24) is 15.0 Å². The molecule has 0 saturated carbocycles. The number of urea groups is 1. The molecule has 10 heteroatoms. The molecule has 6 nitrogen and oxygen atoms in total. The van der Waals surface area contributed by atoms with E-state index in [1.165, 1.54) is 12.1 Å². The molecule has 1 aromatic heterocycles. The zero-order valence-corrected chi connectivity index (χ0v) is 17.8. The molecule has 1 aliphatic heterocycles. The summed E-state index contributed by atoms with van der Waals surface area (Å²) in [5.74, 6) is 0.764. The van der Waals surface area contributed by atoms with E-state index in [4.69, 9.17) is 4.52 Å². The largest absolute Gasteiger partial charge is 0.416 e. The second-order valence-electron chi connectivity index (χ2n) is 7.26. The summed E-state index contributed by atoms with van der Waals surface area (Å²) < 4.78 is 45.1. The average molecular weight is 495 g/mol. The Balaban J connectivity index is 1.43. The molecule has 0 aliphatic carbocycles. The van der Waals surface area contributed by atoms with E-state index in [0.717, 1.165) is 35.0 Å². The van der Waals surface area contributed by atoms with Gasteiger partial charge in [0.25, 0.3) is 0 Å². The van der Waals surface area contributed by atoms with Crippen molar-refractivity contribution in [1.29, 1.82) is 0 Å². The van der Waals surface area contributed by atoms with Gasteiger partial charge >= 0.3 is 12.2 Å². The van der Waals surface area contributed by atoms with E-state index in [2.05, 4.69) is 31.4 Å². The number of anilines is 1. The van der Waals surface area contributed by atoms with Crippen LogP contribution in [0.5, 0.6) is 0 Å². The van der Waals surface area contributed by atoms with Gasteiger partial charge in [0.2, 0.25) is 11.7 Å². The summed E-state index contributed by atoms with van der Waals surface area (Å²) in [6, 6.07) is 11.6. The minimum Gasteiger partial charge on any atom is -0.339 e. The first-order valence-corrected chi connectivity index (χ1v) is 10.4. The SMILES string of the molecule is O=C(Nc1cccc(C(F)(F)F)c1)N1CCCC(c2nc(-c3ccc(Br)cc3)no2)C1. The molecule has 0 spiro atoms. The monoisotopic (exact) mass is 494 g/mol. The number of aromatic nitrogens is 2. The third kappa shape index (κ3) is 5.07. The number of piperidine rings is 1. The summed E-state index contributed by atoms with van der Waals surface area (Å²) in [4.78, 5) is 18.7. The van der Waals surface area contributed by atoms with Crippen LogP contribution in [-0.4, -0.2) is 34.2 Å². The number of alkyl halides is 3. The van der Waals surface area contributed by atoms with Gasteiger partial charge in [-0.05, 0) is 55.3 Å². The lowest BCUT2D eigenvalue weighted by atomic mass is 9.98. The van der Waals surface area contributed by atoms with E-state index in [0.29, 0.717) is 24.8 Å². The molecule has 1 unspecified atom stereocenters. The fourth-order valence-corrected chi connectivity index (χ4v) is 3.72. The molecule has 3 aromatic rings. The van der Waals surface area contributed by atoms with Crippen LogP contribution in [0.3, 0.4) is 0 Å². The van der Waals surface area contributed by atoms with Gasteiger partial charge in [-0.2, -0.15) is 18.2 Å². The van der Waals surface area contributed by atoms with Crippen LogP contribution in [0.2, 0.25) is 0 Å². The Morgan fingerprint density at radius 1 is 1.19 bits per heavy atom. The molecule has 1 aliphatic rings. The smallest absolute Gasteiger partial charge is 0.339 e. The number of halogens is 4. The van der Waals surface area contributed by atoms with Crippen molar-refractivity contribution in [3.05, 3.63) is 64.5 Å². The molecular weight excluding hydrogens is 477 g/mol. The lowest BCUT2D eigenvalue weighted by molar-refractivity contribution is -0.137. The summed E-state index contributed by atoms with van der Waals surface area (Å²) in [5.41, 5.74) is 0.0959. The standard InChI is InChI=1S/C21H18BrF3N4O2/c22-16-8-6-13(7-9-16)18-27-19(31-28-18)14-3-2-10-29(12-14)20(30)26-17-5-1-4-15(11-17)21(23,24)25/h1,4-9,11,14H,2-3,10,12H2,(H,26,30). The highest BCUT2D eigenvalue weighted by Crippen LogP contribution is 2.31. The minimum atomic E-state index is -4.47. The van der Waals surface area contributed by atoms with Crippen molar-refractivity contribution in [3.63, 3.8) is 0 Å². The van der Waals surface area contributed by atoms with Crippen LogP contribution in [-0.2, 0) is 6.18 Å². The lowest BCUT2D eigenvalue weighted by Gasteiger charge is -2.31. The number of hydrogen-bond donors (Lipinski definition) is 1. The Hall–Kier alpha value is -2.88. The van der Waals surface area contributed by atoms with Crippen LogP contribution in [0.4, 0.5) is 23.7 Å². The van der Waals surface area contributed by atoms with Gasteiger partial charge in [-0.15, -0.1) is 0 Å². The van der Waals surface area contributed by atoms with Crippen LogP contribution in [0, 0.1) is 0 Å². The number of carbonyl (C=O) groups is 1. The highest BCUT2D eigenvalue weighted by Gasteiger charge is 2.31. The number of benzene rings is 2. The molecule has 0 bridgehead atoms. The molecule has 2 aromatic carbocycles. The fraction of sp³-hybridized carbons (Fsp3) is 0.286. The molecule has 1 N–H and O–H groups in total. The molecule has 162 valence electrons. The highest BCUT2D eigenvalue weighted by atomic mass is 79.9. The molecule has 31 heavy (non-hydrogen) atoms. The summed E-state index contributed by atoms with van der Waals surface area (Å²) >= 11 is 3.38. The first-order valence-electron chi connectivity index (χ1n) is 9.62. The topological polar surface area (TPSA) is 71.3 Å². The third-order valence-electron chi connectivity index (χ3n) is 5.04. The molecule has 1 atom stereocenters. The molecular formula is C21H18BrF3N4O2. The fourth-order valence-electron chi connectivity index (χ4n) is 3.46. The molecule has 1 saturated heterocycles. The number of amides is 2. The van der Waals surface area contributed by atoms with Gasteiger partial charge in [0.05, 0.1) is 11.5 Å². The third-order valence-corrected chi connectivity index (χ3v) is 5.57. The van der Waals surface area contributed by atoms with Gasteiger partial charge in [0, 0.05) is 28.8 Å². The highest BCUT2D eigenvalue weighted by molar-refractivity contribution is 9.10. The predicted molar refractivity (Wildman–Crippen MR) is 111 cm³/mol. The first kappa shape index (κ1) is 21.4. The second-order valence-corrected chi connectivity index (χ2v) is 8.17. The quantitative estimate of drug-likeness (QED) is 0.489. The van der Waals surface area contributed by atoms with E-state index >= 15 is 0 Å². The Labute approximate surface area is 184 Å². The van der Waals surface area contributed by atoms with Crippen molar-refractivity contribution in [2.45, 2.75) is 24.9 Å². The summed E-state index contributed by atoms with van der Waals surface area (Å²) in [6.45, 7) is 0.835. The summed E-state index contributed by atoms with van der Waals surface area (Å²) in [5, 5.41) is 6.58. The van der Waals surface area contributed by atoms with Crippen molar-refractivity contribution >= 4 is 27.6 Å². The zero-order chi connectivity index (χ0) is 22.0. The van der Waals surface area contributed by atoms with E-state index < -0.39 is 17.8 Å². The maximum absolute atomic E-state index is 12.9. The second kappa shape index (κ2) is 8.70. The first-order chi connectivity index (χ1) is 14.8. The lowest BCUT2D eigenvalue weighted by Crippen LogP contribution is -2.41. The van der Waals surface area contributed by atoms with Crippen LogP contribution in [0.1, 0.15) is 30.2 Å². The van der Waals surface area contributed by atoms with E-state index in [-0.39, 0.29) is 11.6 Å². The average Bonchev–Trinajstić information content (AvgIpc) is 3.24. The van der Waals surface area contributed by atoms with Crippen molar-refractivity contribution in [2.75, 3.05) is 18.4 Å². The van der Waals surface area contributed by atoms with Gasteiger partial charge in [-0.3, -0.25) is 0 Å². The predicted octanol–water partition coefficient (Wildman–Crippen LogP) is 5.93. The van der Waals surface area contributed by atoms with E-state index in [9.17, 15) is 18.0 Å². The van der Waals surface area contributed by atoms with E-state index in [1.54, 1.807) is 4.90 Å². The van der Waals surface area contributed by atoms with Gasteiger partial charge in [0.15, 0.2) is 0 Å². The number of carbonyl (C=O) groups excluding carboxylic acids is 1. The van der Waals surface area contributed by atoms with Gasteiger partial charge < -0.3 is 14.7 Å². The van der Waals surface area contributed by atoms with E-state index in [1.807, 2.05) is 24.3 Å². The summed E-state index contributed by atoms with van der Waals surface area (Å²) in [6.07, 6.45) is -2.98. The molecule has 4 rings (SSSR count). The van der Waals surface area contributed by atoms with Crippen LogP contribution < -0.4 is 5.32 Å². The van der Waals surface area contributed by atoms with Gasteiger partial charge in [0.1, 0.15) is 0 Å². The Kier molecular flexibility index (Phi) is 5.99. The van der Waals surface area contributed by atoms with Crippen molar-refractivity contribution in [3.8, 4) is 11.4 Å². The number of nitrogens with one attached hydrogen (secondary N) is 1. The maximum Gasteiger partial charge on any atom is 0.416 e. The van der Waals surface area contributed by atoms with Crippen LogP contribution in [0.15, 0.2) is 57.5 Å².